The third-order valence-corrected chi connectivity index (χ3v) is 4.33. The second kappa shape index (κ2) is 8.84. The van der Waals surface area contributed by atoms with Gasteiger partial charge in [0.1, 0.15) is 5.82 Å². The minimum atomic E-state index is -4.39. The minimum Gasteiger partial charge on any atom is -0.363 e. The molecule has 0 bridgehead atoms. The zero-order valence-electron chi connectivity index (χ0n) is 14.8. The molecule has 6 nitrogen and oxygen atoms in total. The number of anilines is 1. The topological polar surface area (TPSA) is 65.4 Å². The van der Waals surface area contributed by atoms with Gasteiger partial charge in [0, 0.05) is 52.2 Å². The van der Waals surface area contributed by atoms with E-state index in [9.17, 15) is 13.2 Å². The summed E-state index contributed by atoms with van der Waals surface area (Å²) in [4.78, 5) is 13.9. The van der Waals surface area contributed by atoms with Gasteiger partial charge < -0.3 is 15.5 Å². The van der Waals surface area contributed by atoms with Gasteiger partial charge in [-0.25, -0.2) is 9.97 Å². The molecule has 0 fully saturated rings. The normalized spacial score (nSPS) is 12.2. The zero-order chi connectivity index (χ0) is 19.2. The molecule has 0 aliphatic heterocycles. The Hall–Kier alpha value is -2.36. The molecule has 10 heteroatoms. The monoisotopic (exact) mass is 386 g/mol. The Kier molecular flexibility index (Phi) is 6.78. The highest BCUT2D eigenvalue weighted by molar-refractivity contribution is 7.09. The van der Waals surface area contributed by atoms with E-state index in [4.69, 9.17) is 0 Å². The Morgan fingerprint density at radius 3 is 2.69 bits per heavy atom. The lowest BCUT2D eigenvalue weighted by Crippen LogP contribution is -2.37. The predicted octanol–water partition coefficient (Wildman–Crippen LogP) is 2.53. The lowest BCUT2D eigenvalue weighted by atomic mass is 10.2. The van der Waals surface area contributed by atoms with Crippen LogP contribution in [-0.2, 0) is 19.1 Å². The summed E-state index contributed by atoms with van der Waals surface area (Å²) < 4.78 is 37.6. The van der Waals surface area contributed by atoms with Crippen LogP contribution in [0.1, 0.15) is 16.3 Å². The van der Waals surface area contributed by atoms with E-state index in [0.29, 0.717) is 30.5 Å². The second-order valence-electron chi connectivity index (χ2n) is 5.64. The molecule has 142 valence electrons. The maximum absolute atomic E-state index is 12.5. The quantitative estimate of drug-likeness (QED) is 0.590. The molecular weight excluding hydrogens is 365 g/mol. The molecule has 2 rings (SSSR count). The van der Waals surface area contributed by atoms with Crippen LogP contribution in [0, 0.1) is 0 Å². The smallest absolute Gasteiger partial charge is 0.363 e. The van der Waals surface area contributed by atoms with Crippen molar-refractivity contribution in [3.63, 3.8) is 0 Å². The fraction of sp³-hybridized carbons (Fsp3) is 0.438. The van der Waals surface area contributed by atoms with E-state index in [1.807, 2.05) is 31.1 Å². The highest BCUT2D eigenvalue weighted by Crippen LogP contribution is 2.29. The van der Waals surface area contributed by atoms with Crippen LogP contribution in [0.4, 0.5) is 19.0 Å². The average molecular weight is 386 g/mol. The van der Waals surface area contributed by atoms with Crippen LogP contribution in [0.2, 0.25) is 0 Å². The Balaban J connectivity index is 1.81. The number of aliphatic imine (C=N–C) groups is 1. The molecule has 0 aliphatic carbocycles. The van der Waals surface area contributed by atoms with E-state index in [1.165, 1.54) is 0 Å². The number of thiazole rings is 1. The van der Waals surface area contributed by atoms with Crippen molar-refractivity contribution in [1.29, 1.82) is 0 Å². The summed E-state index contributed by atoms with van der Waals surface area (Å²) in [7, 11) is 5.48. The van der Waals surface area contributed by atoms with Crippen LogP contribution < -0.4 is 15.5 Å². The Morgan fingerprint density at radius 2 is 2.08 bits per heavy atom. The lowest BCUT2D eigenvalue weighted by molar-refractivity contribution is -0.140. The SMILES string of the molecule is CN=C(NCCc1nc(C(F)(F)F)cs1)NCc1ccnc(N(C)C)c1. The van der Waals surface area contributed by atoms with Gasteiger partial charge >= 0.3 is 6.18 Å². The average Bonchev–Trinajstić information content (AvgIpc) is 3.07. The maximum Gasteiger partial charge on any atom is 0.434 e. The van der Waals surface area contributed by atoms with Gasteiger partial charge in [-0.15, -0.1) is 11.3 Å². The molecule has 26 heavy (non-hydrogen) atoms. The summed E-state index contributed by atoms with van der Waals surface area (Å²) in [6, 6.07) is 3.87. The van der Waals surface area contributed by atoms with E-state index < -0.39 is 11.9 Å². The van der Waals surface area contributed by atoms with Gasteiger partial charge in [-0.2, -0.15) is 13.2 Å². The van der Waals surface area contributed by atoms with Gasteiger partial charge in [-0.05, 0) is 17.7 Å². The molecule has 0 saturated carbocycles. The van der Waals surface area contributed by atoms with Crippen molar-refractivity contribution in [3.8, 4) is 0 Å². The van der Waals surface area contributed by atoms with Crippen LogP contribution in [0.15, 0.2) is 28.7 Å². The van der Waals surface area contributed by atoms with Gasteiger partial charge in [-0.3, -0.25) is 4.99 Å². The van der Waals surface area contributed by atoms with Crippen LogP contribution >= 0.6 is 11.3 Å². The Labute approximate surface area is 154 Å². The first-order valence-corrected chi connectivity index (χ1v) is 8.76. The van der Waals surface area contributed by atoms with Crippen molar-refractivity contribution in [2.45, 2.75) is 19.1 Å². The molecule has 0 aromatic carbocycles. The third-order valence-electron chi connectivity index (χ3n) is 3.43. The van der Waals surface area contributed by atoms with Crippen LogP contribution in [0.25, 0.3) is 0 Å². The van der Waals surface area contributed by atoms with Gasteiger partial charge in [0.2, 0.25) is 0 Å². The van der Waals surface area contributed by atoms with Gasteiger partial charge in [0.25, 0.3) is 0 Å². The van der Waals surface area contributed by atoms with Crippen LogP contribution in [0.5, 0.6) is 0 Å². The number of rotatable bonds is 6. The molecule has 0 unspecified atom stereocenters. The molecule has 0 atom stereocenters. The summed E-state index contributed by atoms with van der Waals surface area (Å²) in [5, 5.41) is 7.71. The summed E-state index contributed by atoms with van der Waals surface area (Å²) in [5.74, 6) is 1.43. The number of hydrogen-bond acceptors (Lipinski definition) is 5. The molecule has 0 aliphatic rings. The number of halogens is 3. The Morgan fingerprint density at radius 1 is 1.31 bits per heavy atom. The molecule has 0 amide bonds. The number of hydrogen-bond donors (Lipinski definition) is 2. The highest BCUT2D eigenvalue weighted by Gasteiger charge is 2.33. The first kappa shape index (κ1) is 20.0. The molecule has 0 saturated heterocycles. The Bertz CT molecular complexity index is 742. The number of nitrogens with one attached hydrogen (secondary N) is 2. The molecule has 0 spiro atoms. The van der Waals surface area contributed by atoms with E-state index >= 15 is 0 Å². The first-order chi connectivity index (χ1) is 12.3. The van der Waals surface area contributed by atoms with E-state index in [-0.39, 0.29) is 0 Å². The molecule has 0 radical (unpaired) electrons. The number of aromatic nitrogens is 2. The predicted molar refractivity (Wildman–Crippen MR) is 97.6 cm³/mol. The first-order valence-electron chi connectivity index (χ1n) is 7.88. The highest BCUT2D eigenvalue weighted by atomic mass is 32.1. The molecule has 2 N–H and O–H groups in total. The largest absolute Gasteiger partial charge is 0.434 e. The number of pyridine rings is 1. The van der Waals surface area contributed by atoms with Gasteiger partial charge in [0.15, 0.2) is 11.7 Å². The van der Waals surface area contributed by atoms with Crippen LogP contribution in [0.3, 0.4) is 0 Å². The molecule has 2 heterocycles. The fourth-order valence-corrected chi connectivity index (χ4v) is 2.87. The van der Waals surface area contributed by atoms with Crippen molar-refractivity contribution in [2.24, 2.45) is 4.99 Å². The van der Waals surface area contributed by atoms with Crippen molar-refractivity contribution in [3.05, 3.63) is 40.0 Å². The van der Waals surface area contributed by atoms with Crippen LogP contribution in [-0.4, -0.2) is 43.6 Å². The molecule has 2 aromatic rings. The summed E-state index contributed by atoms with van der Waals surface area (Å²) >= 11 is 1.01. The number of alkyl halides is 3. The van der Waals surface area contributed by atoms with E-state index in [2.05, 4.69) is 25.6 Å². The van der Waals surface area contributed by atoms with E-state index in [0.717, 1.165) is 28.1 Å². The number of nitrogens with zero attached hydrogens (tertiary/aromatic N) is 4. The van der Waals surface area contributed by atoms with Gasteiger partial charge in [-0.1, -0.05) is 0 Å². The molecular formula is C16H21F3N6S. The zero-order valence-corrected chi connectivity index (χ0v) is 15.6. The second-order valence-corrected chi connectivity index (χ2v) is 6.59. The van der Waals surface area contributed by atoms with Crippen molar-refractivity contribution in [2.75, 3.05) is 32.6 Å². The van der Waals surface area contributed by atoms with Crippen molar-refractivity contribution in [1.82, 2.24) is 20.6 Å². The summed E-state index contributed by atoms with van der Waals surface area (Å²) in [6.45, 7) is 0.988. The van der Waals surface area contributed by atoms with Crippen molar-refractivity contribution >= 4 is 23.1 Å². The fourth-order valence-electron chi connectivity index (χ4n) is 2.07. The van der Waals surface area contributed by atoms with E-state index in [1.54, 1.807) is 13.2 Å². The third kappa shape index (κ3) is 5.87. The summed E-state index contributed by atoms with van der Waals surface area (Å²) in [6.07, 6.45) is -2.26. The lowest BCUT2D eigenvalue weighted by Gasteiger charge is -2.14. The minimum absolute atomic E-state index is 0.390. The van der Waals surface area contributed by atoms with Crippen molar-refractivity contribution < 1.29 is 13.2 Å². The maximum atomic E-state index is 12.5. The molecule has 2 aromatic heterocycles. The standard InChI is InChI=1S/C16H21F3N6S/c1-20-15(23-9-11-4-6-21-13(8-11)25(2)3)22-7-5-14-24-12(10-26-14)16(17,18)19/h4,6,8,10H,5,7,9H2,1-3H3,(H2,20,22,23). The number of guanidine groups is 1. The summed E-state index contributed by atoms with van der Waals surface area (Å²) in [5.41, 5.74) is 0.204. The van der Waals surface area contributed by atoms with Gasteiger partial charge in [0.05, 0.1) is 5.01 Å².